The van der Waals surface area contributed by atoms with Crippen LogP contribution in [0.15, 0.2) is 17.1 Å². The van der Waals surface area contributed by atoms with Crippen LogP contribution in [-0.2, 0) is 11.3 Å². The number of nitrogens with zero attached hydrogens (tertiary/aromatic N) is 1. The standard InChI is InChI=1S/C16H22F2N4O4/c1-3-19-14(23)8-22-16(20-4-2)21-7-10-5-12-13(25-9-24-12)6-11(10)26-15(17)18/h5-6,15H,3-4,7-9H2,1-2H3,(H,19,23)(H2,20,21,22). The Bertz CT molecular complexity index is 655. The normalized spacial score (nSPS) is 12.9. The van der Waals surface area contributed by atoms with Crippen molar-refractivity contribution in [2.75, 3.05) is 26.4 Å². The zero-order valence-electron chi connectivity index (χ0n) is 14.6. The molecule has 0 radical (unpaired) electrons. The van der Waals surface area contributed by atoms with Crippen LogP contribution in [0.5, 0.6) is 17.2 Å². The molecule has 144 valence electrons. The number of alkyl halides is 2. The third kappa shape index (κ3) is 5.64. The second-order valence-corrected chi connectivity index (χ2v) is 5.19. The Labute approximate surface area is 149 Å². The largest absolute Gasteiger partial charge is 0.454 e. The molecule has 0 unspecified atom stereocenters. The van der Waals surface area contributed by atoms with Gasteiger partial charge < -0.3 is 30.2 Å². The predicted octanol–water partition coefficient (Wildman–Crippen LogP) is 1.21. The number of benzene rings is 1. The molecular formula is C16H22F2N4O4. The molecule has 0 saturated carbocycles. The summed E-state index contributed by atoms with van der Waals surface area (Å²) < 4.78 is 40.3. The van der Waals surface area contributed by atoms with Crippen molar-refractivity contribution < 1.29 is 27.8 Å². The molecule has 2 rings (SSSR count). The maximum Gasteiger partial charge on any atom is 0.387 e. The number of hydrogen-bond acceptors (Lipinski definition) is 5. The van der Waals surface area contributed by atoms with Gasteiger partial charge in [0.25, 0.3) is 0 Å². The third-order valence-electron chi connectivity index (χ3n) is 3.31. The zero-order chi connectivity index (χ0) is 18.9. The van der Waals surface area contributed by atoms with Gasteiger partial charge in [-0.15, -0.1) is 0 Å². The molecule has 10 heteroatoms. The number of halogens is 2. The lowest BCUT2D eigenvalue weighted by Gasteiger charge is -2.13. The van der Waals surface area contributed by atoms with E-state index >= 15 is 0 Å². The van der Waals surface area contributed by atoms with Crippen LogP contribution in [0.25, 0.3) is 0 Å². The smallest absolute Gasteiger partial charge is 0.387 e. The maximum atomic E-state index is 12.7. The van der Waals surface area contributed by atoms with Gasteiger partial charge in [0, 0.05) is 24.7 Å². The Kier molecular flexibility index (Phi) is 7.24. The minimum atomic E-state index is -2.97. The molecule has 3 N–H and O–H groups in total. The highest BCUT2D eigenvalue weighted by Gasteiger charge is 2.20. The molecule has 1 aromatic rings. The van der Waals surface area contributed by atoms with Crippen molar-refractivity contribution in [1.82, 2.24) is 16.0 Å². The van der Waals surface area contributed by atoms with E-state index in [9.17, 15) is 13.6 Å². The van der Waals surface area contributed by atoms with Crippen LogP contribution in [0.4, 0.5) is 8.78 Å². The van der Waals surface area contributed by atoms with Crippen molar-refractivity contribution in [3.8, 4) is 17.2 Å². The number of likely N-dealkylation sites (N-methyl/N-ethyl adjacent to an activating group) is 1. The van der Waals surface area contributed by atoms with Gasteiger partial charge in [0.1, 0.15) is 5.75 Å². The first-order valence-corrected chi connectivity index (χ1v) is 8.19. The number of guanidine groups is 1. The SMILES string of the molecule is CCNC(=O)CNC(=NCc1cc2c(cc1OC(F)F)OCO2)NCC. The molecular weight excluding hydrogens is 350 g/mol. The molecule has 0 saturated heterocycles. The van der Waals surface area contributed by atoms with Crippen LogP contribution in [-0.4, -0.2) is 44.9 Å². The summed E-state index contributed by atoms with van der Waals surface area (Å²) in [7, 11) is 0. The first-order chi connectivity index (χ1) is 12.5. The number of aliphatic imine (C=N–C) groups is 1. The second kappa shape index (κ2) is 9.64. The summed E-state index contributed by atoms with van der Waals surface area (Å²) in [4.78, 5) is 15.8. The molecule has 0 aromatic heterocycles. The highest BCUT2D eigenvalue weighted by Crippen LogP contribution is 2.38. The number of carbonyl (C=O) groups is 1. The first-order valence-electron chi connectivity index (χ1n) is 8.19. The zero-order valence-corrected chi connectivity index (χ0v) is 14.6. The number of ether oxygens (including phenoxy) is 3. The minimum absolute atomic E-state index is 0.0207. The highest BCUT2D eigenvalue weighted by atomic mass is 19.3. The molecule has 0 spiro atoms. The molecule has 1 aromatic carbocycles. The van der Waals surface area contributed by atoms with Crippen LogP contribution in [0.1, 0.15) is 19.4 Å². The number of fused-ring (bicyclic) bond motifs is 1. The van der Waals surface area contributed by atoms with E-state index in [2.05, 4.69) is 25.7 Å². The molecule has 0 fully saturated rings. The van der Waals surface area contributed by atoms with Crippen molar-refractivity contribution in [3.05, 3.63) is 17.7 Å². The van der Waals surface area contributed by atoms with E-state index in [0.29, 0.717) is 36.1 Å². The molecule has 1 heterocycles. The third-order valence-corrected chi connectivity index (χ3v) is 3.31. The quantitative estimate of drug-likeness (QED) is 0.469. The van der Waals surface area contributed by atoms with Crippen LogP contribution < -0.4 is 30.2 Å². The van der Waals surface area contributed by atoms with Crippen LogP contribution in [0.2, 0.25) is 0 Å². The minimum Gasteiger partial charge on any atom is -0.454 e. The summed E-state index contributed by atoms with van der Waals surface area (Å²) in [6.07, 6.45) is 0. The fraction of sp³-hybridized carbons (Fsp3) is 0.500. The number of carbonyl (C=O) groups excluding carboxylic acids is 1. The van der Waals surface area contributed by atoms with Crippen LogP contribution in [0, 0.1) is 0 Å². The van der Waals surface area contributed by atoms with Gasteiger partial charge in [-0.3, -0.25) is 4.79 Å². The van der Waals surface area contributed by atoms with E-state index in [1.54, 1.807) is 6.07 Å². The predicted molar refractivity (Wildman–Crippen MR) is 90.7 cm³/mol. The fourth-order valence-corrected chi connectivity index (χ4v) is 2.22. The van der Waals surface area contributed by atoms with Gasteiger partial charge in [-0.1, -0.05) is 0 Å². The monoisotopic (exact) mass is 372 g/mol. The molecule has 0 atom stereocenters. The van der Waals surface area contributed by atoms with Crippen LogP contribution in [0.3, 0.4) is 0 Å². The van der Waals surface area contributed by atoms with E-state index in [-0.39, 0.29) is 31.5 Å². The molecule has 0 aliphatic carbocycles. The Morgan fingerprint density at radius 2 is 1.88 bits per heavy atom. The Hall–Kier alpha value is -2.78. The van der Waals surface area contributed by atoms with Crippen molar-refractivity contribution in [2.45, 2.75) is 27.0 Å². The van der Waals surface area contributed by atoms with Gasteiger partial charge in [-0.25, -0.2) is 4.99 Å². The number of rotatable bonds is 8. The van der Waals surface area contributed by atoms with E-state index in [1.807, 2.05) is 13.8 Å². The van der Waals surface area contributed by atoms with Gasteiger partial charge in [0.15, 0.2) is 17.5 Å². The van der Waals surface area contributed by atoms with E-state index in [4.69, 9.17) is 9.47 Å². The van der Waals surface area contributed by atoms with E-state index in [0.717, 1.165) is 0 Å². The second-order valence-electron chi connectivity index (χ2n) is 5.19. The van der Waals surface area contributed by atoms with Crippen LogP contribution >= 0.6 is 0 Å². The van der Waals surface area contributed by atoms with Gasteiger partial charge in [0.05, 0.1) is 13.1 Å². The Morgan fingerprint density at radius 3 is 2.54 bits per heavy atom. The summed E-state index contributed by atoms with van der Waals surface area (Å²) >= 11 is 0. The lowest BCUT2D eigenvalue weighted by molar-refractivity contribution is -0.119. The number of amides is 1. The lowest BCUT2D eigenvalue weighted by atomic mass is 10.1. The average molecular weight is 372 g/mol. The summed E-state index contributed by atoms with van der Waals surface area (Å²) in [5, 5.41) is 8.50. The molecule has 0 bridgehead atoms. The first kappa shape index (κ1) is 19.5. The molecule has 1 amide bonds. The van der Waals surface area contributed by atoms with Gasteiger partial charge >= 0.3 is 6.61 Å². The number of hydrogen-bond donors (Lipinski definition) is 3. The summed E-state index contributed by atoms with van der Waals surface area (Å²) in [6, 6.07) is 2.91. The number of nitrogens with one attached hydrogen (secondary N) is 3. The molecule has 1 aliphatic heterocycles. The molecule has 8 nitrogen and oxygen atoms in total. The topological polar surface area (TPSA) is 93.2 Å². The lowest BCUT2D eigenvalue weighted by Crippen LogP contribution is -2.43. The average Bonchev–Trinajstić information content (AvgIpc) is 3.04. The van der Waals surface area contributed by atoms with Crippen molar-refractivity contribution >= 4 is 11.9 Å². The molecule has 1 aliphatic rings. The van der Waals surface area contributed by atoms with E-state index in [1.165, 1.54) is 6.07 Å². The maximum absolute atomic E-state index is 12.7. The highest BCUT2D eigenvalue weighted by molar-refractivity contribution is 5.86. The van der Waals surface area contributed by atoms with E-state index < -0.39 is 6.61 Å². The van der Waals surface area contributed by atoms with Gasteiger partial charge in [0.2, 0.25) is 12.7 Å². The van der Waals surface area contributed by atoms with Gasteiger partial charge in [-0.05, 0) is 19.9 Å². The van der Waals surface area contributed by atoms with Crippen molar-refractivity contribution in [1.29, 1.82) is 0 Å². The summed E-state index contributed by atoms with van der Waals surface area (Å²) in [5.74, 6) is 0.946. The summed E-state index contributed by atoms with van der Waals surface area (Å²) in [5.41, 5.74) is 0.407. The molecule has 26 heavy (non-hydrogen) atoms. The summed E-state index contributed by atoms with van der Waals surface area (Å²) in [6.45, 7) is 1.93. The Morgan fingerprint density at radius 1 is 1.19 bits per heavy atom. The van der Waals surface area contributed by atoms with Gasteiger partial charge in [-0.2, -0.15) is 8.78 Å². The Balaban J connectivity index is 2.12. The fourth-order valence-electron chi connectivity index (χ4n) is 2.22. The van der Waals surface area contributed by atoms with Crippen molar-refractivity contribution in [3.63, 3.8) is 0 Å². The van der Waals surface area contributed by atoms with Crippen molar-refractivity contribution in [2.24, 2.45) is 4.99 Å².